The Bertz CT molecular complexity index is 402. The molecule has 0 aliphatic heterocycles. The van der Waals surface area contributed by atoms with Crippen LogP contribution in [0.4, 0.5) is 11.8 Å². The second kappa shape index (κ2) is 5.52. The predicted molar refractivity (Wildman–Crippen MR) is 72.4 cm³/mol. The van der Waals surface area contributed by atoms with Crippen LogP contribution >= 0.6 is 0 Å². The summed E-state index contributed by atoms with van der Waals surface area (Å²) in [5, 5.41) is 3.41. The van der Waals surface area contributed by atoms with Gasteiger partial charge in [0.05, 0.1) is 6.61 Å². The molecular weight excluding hydrogens is 228 g/mol. The molecule has 100 valence electrons. The van der Waals surface area contributed by atoms with E-state index in [2.05, 4.69) is 15.3 Å². The standard InChI is InChI=1S/C13H22N4O/c1-10-7-15-12(14)17-11(10)16-8-13(9-18-2)5-3-4-6-13/h7H,3-6,8-9H2,1-2H3,(H3,14,15,16,17). The van der Waals surface area contributed by atoms with E-state index in [4.69, 9.17) is 10.5 Å². The van der Waals surface area contributed by atoms with Gasteiger partial charge in [-0.05, 0) is 19.8 Å². The summed E-state index contributed by atoms with van der Waals surface area (Å²) in [4.78, 5) is 8.21. The highest BCUT2D eigenvalue weighted by molar-refractivity contribution is 5.45. The fourth-order valence-corrected chi connectivity index (χ4v) is 2.71. The van der Waals surface area contributed by atoms with Crippen molar-refractivity contribution >= 4 is 11.8 Å². The average Bonchev–Trinajstić information content (AvgIpc) is 2.80. The van der Waals surface area contributed by atoms with Crippen LogP contribution < -0.4 is 11.1 Å². The molecule has 0 aromatic carbocycles. The molecule has 0 radical (unpaired) electrons. The first kappa shape index (κ1) is 13.1. The smallest absolute Gasteiger partial charge is 0.221 e. The third kappa shape index (κ3) is 2.90. The number of nitrogen functional groups attached to an aromatic ring is 1. The van der Waals surface area contributed by atoms with Crippen molar-refractivity contribution in [2.45, 2.75) is 32.6 Å². The Morgan fingerprint density at radius 3 is 2.83 bits per heavy atom. The van der Waals surface area contributed by atoms with E-state index >= 15 is 0 Å². The van der Waals surface area contributed by atoms with Gasteiger partial charge >= 0.3 is 0 Å². The van der Waals surface area contributed by atoms with Crippen molar-refractivity contribution in [3.63, 3.8) is 0 Å². The Morgan fingerprint density at radius 1 is 1.44 bits per heavy atom. The Labute approximate surface area is 108 Å². The highest BCUT2D eigenvalue weighted by Crippen LogP contribution is 2.38. The first-order valence-corrected chi connectivity index (χ1v) is 6.47. The Balaban J connectivity index is 2.03. The summed E-state index contributed by atoms with van der Waals surface area (Å²) in [6, 6.07) is 0. The van der Waals surface area contributed by atoms with Gasteiger partial charge in [0, 0.05) is 30.8 Å². The Morgan fingerprint density at radius 2 is 2.17 bits per heavy atom. The number of aromatic nitrogens is 2. The largest absolute Gasteiger partial charge is 0.384 e. The van der Waals surface area contributed by atoms with E-state index < -0.39 is 0 Å². The van der Waals surface area contributed by atoms with E-state index in [9.17, 15) is 0 Å². The minimum absolute atomic E-state index is 0.251. The van der Waals surface area contributed by atoms with Gasteiger partial charge in [0.1, 0.15) is 5.82 Å². The number of ether oxygens (including phenoxy) is 1. The topological polar surface area (TPSA) is 73.1 Å². The van der Waals surface area contributed by atoms with Crippen molar-refractivity contribution in [1.29, 1.82) is 0 Å². The lowest BCUT2D eigenvalue weighted by Crippen LogP contribution is -2.32. The molecule has 0 bridgehead atoms. The number of nitrogens with one attached hydrogen (secondary N) is 1. The molecule has 18 heavy (non-hydrogen) atoms. The van der Waals surface area contributed by atoms with Gasteiger partial charge in [-0.2, -0.15) is 4.98 Å². The van der Waals surface area contributed by atoms with Crippen LogP contribution in [0.2, 0.25) is 0 Å². The average molecular weight is 250 g/mol. The van der Waals surface area contributed by atoms with Gasteiger partial charge in [-0.1, -0.05) is 12.8 Å². The van der Waals surface area contributed by atoms with Crippen LogP contribution in [0.25, 0.3) is 0 Å². The van der Waals surface area contributed by atoms with Gasteiger partial charge in [-0.25, -0.2) is 4.98 Å². The van der Waals surface area contributed by atoms with Crippen molar-refractivity contribution in [2.75, 3.05) is 31.3 Å². The molecule has 1 aromatic rings. The first-order chi connectivity index (χ1) is 8.65. The SMILES string of the molecule is COCC1(CNc2nc(N)ncc2C)CCCC1. The van der Waals surface area contributed by atoms with Crippen LogP contribution in [-0.2, 0) is 4.74 Å². The second-order valence-electron chi connectivity index (χ2n) is 5.25. The van der Waals surface area contributed by atoms with Gasteiger partial charge in [0.15, 0.2) is 0 Å². The van der Waals surface area contributed by atoms with E-state index in [1.165, 1.54) is 25.7 Å². The van der Waals surface area contributed by atoms with Crippen molar-refractivity contribution in [3.8, 4) is 0 Å². The fraction of sp³-hybridized carbons (Fsp3) is 0.692. The molecule has 0 saturated heterocycles. The summed E-state index contributed by atoms with van der Waals surface area (Å²) in [6.45, 7) is 3.68. The number of rotatable bonds is 5. The van der Waals surface area contributed by atoms with Gasteiger partial charge in [-0.15, -0.1) is 0 Å². The summed E-state index contributed by atoms with van der Waals surface area (Å²) in [7, 11) is 1.77. The molecule has 1 aliphatic carbocycles. The molecule has 0 spiro atoms. The zero-order valence-electron chi connectivity index (χ0n) is 11.2. The van der Waals surface area contributed by atoms with E-state index in [0.29, 0.717) is 5.95 Å². The molecule has 1 fully saturated rings. The van der Waals surface area contributed by atoms with E-state index in [1.807, 2.05) is 6.92 Å². The predicted octanol–water partition coefficient (Wildman–Crippen LogP) is 1.99. The van der Waals surface area contributed by atoms with Gasteiger partial charge < -0.3 is 15.8 Å². The lowest BCUT2D eigenvalue weighted by atomic mass is 9.87. The fourth-order valence-electron chi connectivity index (χ4n) is 2.71. The van der Waals surface area contributed by atoms with E-state index in [-0.39, 0.29) is 5.41 Å². The Hall–Kier alpha value is -1.36. The highest BCUT2D eigenvalue weighted by atomic mass is 16.5. The lowest BCUT2D eigenvalue weighted by molar-refractivity contribution is 0.0923. The van der Waals surface area contributed by atoms with Gasteiger partial charge in [0.25, 0.3) is 0 Å². The molecule has 5 heteroatoms. The van der Waals surface area contributed by atoms with Crippen molar-refractivity contribution in [3.05, 3.63) is 11.8 Å². The van der Waals surface area contributed by atoms with Crippen molar-refractivity contribution < 1.29 is 4.74 Å². The third-order valence-corrected chi connectivity index (χ3v) is 3.74. The first-order valence-electron chi connectivity index (χ1n) is 6.47. The molecule has 1 aromatic heterocycles. The van der Waals surface area contributed by atoms with E-state index in [1.54, 1.807) is 13.3 Å². The summed E-state index contributed by atoms with van der Waals surface area (Å²) in [5.41, 5.74) is 6.89. The molecule has 3 N–H and O–H groups in total. The number of anilines is 2. The zero-order valence-corrected chi connectivity index (χ0v) is 11.2. The number of nitrogens with zero attached hydrogens (tertiary/aromatic N) is 2. The number of hydrogen-bond donors (Lipinski definition) is 2. The molecule has 0 atom stereocenters. The molecule has 1 heterocycles. The second-order valence-corrected chi connectivity index (χ2v) is 5.25. The quantitative estimate of drug-likeness (QED) is 0.836. The summed E-state index contributed by atoms with van der Waals surface area (Å²) < 4.78 is 5.37. The van der Waals surface area contributed by atoms with Crippen LogP contribution in [0.5, 0.6) is 0 Å². The molecule has 0 amide bonds. The van der Waals surface area contributed by atoms with Gasteiger partial charge in [-0.3, -0.25) is 0 Å². The summed E-state index contributed by atoms with van der Waals surface area (Å²) in [6.07, 6.45) is 6.76. The number of methoxy groups -OCH3 is 1. The number of nitrogens with two attached hydrogens (primary N) is 1. The molecule has 1 aliphatic rings. The molecule has 2 rings (SSSR count). The van der Waals surface area contributed by atoms with Crippen LogP contribution in [0.3, 0.4) is 0 Å². The minimum Gasteiger partial charge on any atom is -0.384 e. The summed E-state index contributed by atoms with van der Waals surface area (Å²) in [5.74, 6) is 1.15. The number of hydrogen-bond acceptors (Lipinski definition) is 5. The minimum atomic E-state index is 0.251. The van der Waals surface area contributed by atoms with Crippen molar-refractivity contribution in [2.24, 2.45) is 5.41 Å². The lowest BCUT2D eigenvalue weighted by Gasteiger charge is -2.28. The maximum absolute atomic E-state index is 5.62. The monoisotopic (exact) mass is 250 g/mol. The normalized spacial score (nSPS) is 17.9. The third-order valence-electron chi connectivity index (χ3n) is 3.74. The van der Waals surface area contributed by atoms with E-state index in [0.717, 1.165) is 24.5 Å². The zero-order chi connectivity index (χ0) is 13.0. The maximum atomic E-state index is 5.62. The van der Waals surface area contributed by atoms with Gasteiger partial charge in [0.2, 0.25) is 5.95 Å². The molecular formula is C13H22N4O. The Kier molecular flexibility index (Phi) is 4.01. The van der Waals surface area contributed by atoms with Crippen LogP contribution in [0, 0.1) is 12.3 Å². The molecule has 5 nitrogen and oxygen atoms in total. The van der Waals surface area contributed by atoms with Crippen LogP contribution in [0.15, 0.2) is 6.20 Å². The van der Waals surface area contributed by atoms with Crippen LogP contribution in [-0.4, -0.2) is 30.2 Å². The van der Waals surface area contributed by atoms with Crippen molar-refractivity contribution in [1.82, 2.24) is 9.97 Å². The molecule has 0 unspecified atom stereocenters. The van der Waals surface area contributed by atoms with Crippen LogP contribution in [0.1, 0.15) is 31.2 Å². The highest BCUT2D eigenvalue weighted by Gasteiger charge is 2.33. The number of aryl methyl sites for hydroxylation is 1. The maximum Gasteiger partial charge on any atom is 0.221 e. The molecule has 1 saturated carbocycles. The summed E-state index contributed by atoms with van der Waals surface area (Å²) >= 11 is 0.